The Labute approximate surface area is 130 Å². The highest BCUT2D eigenvalue weighted by atomic mass is 19.1. The normalized spacial score (nSPS) is 16.2. The average Bonchev–Trinajstić information content (AvgIpc) is 2.55. The lowest BCUT2D eigenvalue weighted by molar-refractivity contribution is 0.313. The van der Waals surface area contributed by atoms with Gasteiger partial charge in [0.05, 0.1) is 12.3 Å². The molecule has 1 aliphatic heterocycles. The van der Waals surface area contributed by atoms with Crippen LogP contribution in [0, 0.1) is 0 Å². The minimum atomic E-state index is -0.558. The Hall–Kier alpha value is -1.88. The number of ether oxygens (including phenoxy) is 1. The molecule has 22 heavy (non-hydrogen) atoms. The third-order valence-corrected chi connectivity index (χ3v) is 4.11. The summed E-state index contributed by atoms with van der Waals surface area (Å²) in [6.07, 6.45) is 0. The van der Waals surface area contributed by atoms with Gasteiger partial charge in [-0.2, -0.15) is 0 Å². The van der Waals surface area contributed by atoms with Gasteiger partial charge in [-0.1, -0.05) is 12.1 Å². The summed E-state index contributed by atoms with van der Waals surface area (Å²) in [5.41, 5.74) is 2.29. The minimum absolute atomic E-state index is 0.466. The van der Waals surface area contributed by atoms with Crippen LogP contribution >= 0.6 is 0 Å². The molecule has 1 aromatic carbocycles. The van der Waals surface area contributed by atoms with Crippen LogP contribution < -0.4 is 9.64 Å². The van der Waals surface area contributed by atoms with Gasteiger partial charge in [-0.3, -0.25) is 0 Å². The first-order valence-corrected chi connectivity index (χ1v) is 7.78. The molecule has 1 fully saturated rings. The van der Waals surface area contributed by atoms with Crippen molar-refractivity contribution in [2.75, 3.05) is 44.7 Å². The van der Waals surface area contributed by atoms with Crippen LogP contribution in [0.15, 0.2) is 24.3 Å². The largest absolute Gasteiger partial charge is 0.492 e. The molecule has 0 unspecified atom stereocenters. The van der Waals surface area contributed by atoms with Crippen LogP contribution in [0.1, 0.15) is 12.6 Å². The number of likely N-dealkylation sites (N-methyl/N-ethyl adjacent to an activating group) is 1. The van der Waals surface area contributed by atoms with Gasteiger partial charge in [-0.05, 0) is 26.1 Å². The Morgan fingerprint density at radius 3 is 2.68 bits per heavy atom. The average molecular weight is 303 g/mol. The number of rotatable bonds is 4. The Kier molecular flexibility index (Phi) is 4.43. The molecule has 0 atom stereocenters. The molecule has 1 aromatic heterocycles. The van der Waals surface area contributed by atoms with E-state index in [4.69, 9.17) is 4.74 Å². The molecule has 1 saturated heterocycles. The number of aromatic nitrogens is 1. The minimum Gasteiger partial charge on any atom is -0.492 e. The summed E-state index contributed by atoms with van der Waals surface area (Å²) in [6, 6.07) is 7.79. The predicted octanol–water partition coefficient (Wildman–Crippen LogP) is 2.85. The zero-order valence-electron chi connectivity index (χ0n) is 13.2. The molecule has 2 aromatic rings. The van der Waals surface area contributed by atoms with Crippen molar-refractivity contribution in [3.63, 3.8) is 0 Å². The van der Waals surface area contributed by atoms with E-state index in [-0.39, 0.29) is 0 Å². The van der Waals surface area contributed by atoms with Gasteiger partial charge in [0.15, 0.2) is 0 Å². The summed E-state index contributed by atoms with van der Waals surface area (Å²) in [4.78, 5) is 9.07. The molecule has 3 rings (SSSR count). The molecular formula is C17H22FN3O. The van der Waals surface area contributed by atoms with Gasteiger partial charge in [0.1, 0.15) is 17.9 Å². The second kappa shape index (κ2) is 6.48. The van der Waals surface area contributed by atoms with Gasteiger partial charge in [0.25, 0.3) is 0 Å². The second-order valence-electron chi connectivity index (χ2n) is 5.64. The van der Waals surface area contributed by atoms with Crippen molar-refractivity contribution in [1.29, 1.82) is 0 Å². The lowest BCUT2D eigenvalue weighted by atomic mass is 10.1. The third kappa shape index (κ3) is 2.86. The number of hydrogen-bond donors (Lipinski definition) is 0. The number of alkyl halides is 1. The van der Waals surface area contributed by atoms with Gasteiger partial charge >= 0.3 is 0 Å². The number of benzene rings is 1. The standard InChI is InChI=1S/C17H22FN3O/c1-3-22-16-6-4-5-14-15(11-13(12-18)19-17(14)16)21-9-7-20(2)8-10-21/h4-6,11H,3,7-10,12H2,1-2H3. The SMILES string of the molecule is CCOc1cccc2c(N3CCN(C)CC3)cc(CF)nc12. The van der Waals surface area contributed by atoms with Crippen LogP contribution in [0.5, 0.6) is 5.75 Å². The monoisotopic (exact) mass is 303 g/mol. The molecule has 0 bridgehead atoms. The number of anilines is 1. The molecule has 0 N–H and O–H groups in total. The van der Waals surface area contributed by atoms with E-state index in [1.165, 1.54) is 0 Å². The molecule has 4 nitrogen and oxygen atoms in total. The van der Waals surface area contributed by atoms with Crippen molar-refractivity contribution in [1.82, 2.24) is 9.88 Å². The number of hydrogen-bond acceptors (Lipinski definition) is 4. The predicted molar refractivity (Wildman–Crippen MR) is 87.4 cm³/mol. The van der Waals surface area contributed by atoms with Gasteiger partial charge in [-0.25, -0.2) is 9.37 Å². The van der Waals surface area contributed by atoms with Gasteiger partial charge in [0.2, 0.25) is 0 Å². The first-order valence-electron chi connectivity index (χ1n) is 7.78. The highest BCUT2D eigenvalue weighted by Gasteiger charge is 2.19. The van der Waals surface area contributed by atoms with Crippen molar-refractivity contribution in [2.24, 2.45) is 0 Å². The summed E-state index contributed by atoms with van der Waals surface area (Å²) in [6.45, 7) is 5.88. The molecule has 2 heterocycles. The first kappa shape index (κ1) is 15.0. The highest BCUT2D eigenvalue weighted by molar-refractivity contribution is 5.95. The van der Waals surface area contributed by atoms with E-state index < -0.39 is 6.67 Å². The van der Waals surface area contributed by atoms with E-state index in [0.717, 1.165) is 48.5 Å². The molecule has 0 radical (unpaired) electrons. The molecule has 0 aliphatic carbocycles. The first-order chi connectivity index (χ1) is 10.7. The van der Waals surface area contributed by atoms with Crippen LogP contribution in [0.25, 0.3) is 10.9 Å². The maximum absolute atomic E-state index is 13.3. The number of halogens is 1. The van der Waals surface area contributed by atoms with Crippen molar-refractivity contribution in [3.05, 3.63) is 30.0 Å². The fourth-order valence-corrected chi connectivity index (χ4v) is 2.91. The summed E-state index contributed by atoms with van der Waals surface area (Å²) < 4.78 is 18.9. The van der Waals surface area contributed by atoms with Crippen LogP contribution in [-0.4, -0.2) is 49.7 Å². The molecule has 1 aliphatic rings. The zero-order valence-corrected chi connectivity index (χ0v) is 13.2. The smallest absolute Gasteiger partial charge is 0.145 e. The van der Waals surface area contributed by atoms with E-state index in [0.29, 0.717) is 12.3 Å². The van der Waals surface area contributed by atoms with Crippen molar-refractivity contribution in [3.8, 4) is 5.75 Å². The van der Waals surface area contributed by atoms with Gasteiger partial charge in [0, 0.05) is 37.3 Å². The third-order valence-electron chi connectivity index (χ3n) is 4.11. The lowest BCUT2D eigenvalue weighted by Gasteiger charge is -2.34. The Morgan fingerprint density at radius 1 is 1.23 bits per heavy atom. The topological polar surface area (TPSA) is 28.6 Å². The van der Waals surface area contributed by atoms with E-state index in [2.05, 4.69) is 21.8 Å². The van der Waals surface area contributed by atoms with Crippen LogP contribution in [0.4, 0.5) is 10.1 Å². The van der Waals surface area contributed by atoms with E-state index in [1.54, 1.807) is 0 Å². The molecule has 118 valence electrons. The molecule has 0 saturated carbocycles. The number of fused-ring (bicyclic) bond motifs is 1. The lowest BCUT2D eigenvalue weighted by Crippen LogP contribution is -2.44. The van der Waals surface area contributed by atoms with Gasteiger partial charge < -0.3 is 14.5 Å². The van der Waals surface area contributed by atoms with Crippen LogP contribution in [0.2, 0.25) is 0 Å². The zero-order chi connectivity index (χ0) is 15.5. The summed E-state index contributed by atoms with van der Waals surface area (Å²) >= 11 is 0. The van der Waals surface area contributed by atoms with Crippen molar-refractivity contribution >= 4 is 16.6 Å². The number of para-hydroxylation sites is 1. The maximum atomic E-state index is 13.3. The summed E-state index contributed by atoms with van der Waals surface area (Å²) in [5.74, 6) is 0.727. The summed E-state index contributed by atoms with van der Waals surface area (Å²) in [7, 11) is 2.13. The fourth-order valence-electron chi connectivity index (χ4n) is 2.91. The van der Waals surface area contributed by atoms with Crippen molar-refractivity contribution in [2.45, 2.75) is 13.6 Å². The highest BCUT2D eigenvalue weighted by Crippen LogP contribution is 2.33. The maximum Gasteiger partial charge on any atom is 0.145 e. The second-order valence-corrected chi connectivity index (χ2v) is 5.64. The number of pyridine rings is 1. The molecule has 0 spiro atoms. The van der Waals surface area contributed by atoms with E-state index >= 15 is 0 Å². The van der Waals surface area contributed by atoms with Crippen LogP contribution in [-0.2, 0) is 6.67 Å². The molecule has 5 heteroatoms. The van der Waals surface area contributed by atoms with E-state index in [1.807, 2.05) is 31.2 Å². The Morgan fingerprint density at radius 2 is 2.00 bits per heavy atom. The quantitative estimate of drug-likeness (QED) is 0.868. The number of nitrogens with zero attached hydrogens (tertiary/aromatic N) is 3. The van der Waals surface area contributed by atoms with Crippen LogP contribution in [0.3, 0.4) is 0 Å². The molecule has 0 amide bonds. The number of piperazine rings is 1. The van der Waals surface area contributed by atoms with Crippen molar-refractivity contribution < 1.29 is 9.13 Å². The Bertz CT molecular complexity index is 654. The Balaban J connectivity index is 2.10. The fraction of sp³-hybridized carbons (Fsp3) is 0.471. The van der Waals surface area contributed by atoms with E-state index in [9.17, 15) is 4.39 Å². The molecular weight excluding hydrogens is 281 g/mol. The van der Waals surface area contributed by atoms with Gasteiger partial charge in [-0.15, -0.1) is 0 Å². The summed E-state index contributed by atoms with van der Waals surface area (Å²) in [5, 5.41) is 1.03.